The fourth-order valence-electron chi connectivity index (χ4n) is 6.36. The Morgan fingerprint density at radius 3 is 2.14 bits per heavy atom. The van der Waals surface area contributed by atoms with Crippen LogP contribution in [0.15, 0.2) is 108 Å². The molecule has 0 saturated heterocycles. The lowest BCUT2D eigenvalue weighted by atomic mass is 9.77. The van der Waals surface area contributed by atoms with Gasteiger partial charge in [-0.3, -0.25) is 14.5 Å². The number of benzene rings is 4. The van der Waals surface area contributed by atoms with E-state index in [0.717, 1.165) is 22.5 Å². The Balaban J connectivity index is 1.53. The lowest BCUT2D eigenvalue weighted by molar-refractivity contribution is -0.116. The summed E-state index contributed by atoms with van der Waals surface area (Å²) in [5.74, 6) is 0.942. The molecule has 0 spiro atoms. The van der Waals surface area contributed by atoms with Crippen LogP contribution >= 0.6 is 0 Å². The van der Waals surface area contributed by atoms with Gasteiger partial charge in [0.15, 0.2) is 17.3 Å². The maximum Gasteiger partial charge on any atom is 0.259 e. The third-order valence-electron chi connectivity index (χ3n) is 8.70. The monoisotopic (exact) mass is 586 g/mol. The molecule has 0 radical (unpaired) electrons. The molecule has 1 aliphatic carbocycles. The normalized spacial score (nSPS) is 18.1. The number of hydrogen-bond donors (Lipinski definition) is 1. The number of anilines is 2. The van der Waals surface area contributed by atoms with Crippen molar-refractivity contribution in [3.63, 3.8) is 0 Å². The summed E-state index contributed by atoms with van der Waals surface area (Å²) in [5, 5.41) is 3.62. The van der Waals surface area contributed by atoms with Gasteiger partial charge in [0.1, 0.15) is 0 Å². The summed E-state index contributed by atoms with van der Waals surface area (Å²) >= 11 is 0. The molecule has 6 nitrogen and oxygen atoms in total. The van der Waals surface area contributed by atoms with E-state index >= 15 is 0 Å². The molecule has 44 heavy (non-hydrogen) atoms. The number of carbonyl (C=O) groups is 2. The molecule has 0 fully saturated rings. The molecule has 4 aromatic carbocycles. The average molecular weight is 587 g/mol. The Bertz CT molecular complexity index is 1740. The molecule has 0 bridgehead atoms. The van der Waals surface area contributed by atoms with E-state index in [1.165, 1.54) is 5.56 Å². The molecule has 0 aromatic heterocycles. The van der Waals surface area contributed by atoms with Gasteiger partial charge < -0.3 is 14.8 Å². The molecular weight excluding hydrogens is 548 g/mol. The highest BCUT2D eigenvalue weighted by Crippen LogP contribution is 2.49. The molecule has 4 aromatic rings. The van der Waals surface area contributed by atoms with Crippen molar-refractivity contribution in [2.45, 2.75) is 51.0 Å². The summed E-state index contributed by atoms with van der Waals surface area (Å²) in [6.07, 6.45) is 0.990. The van der Waals surface area contributed by atoms with Crippen LogP contribution in [-0.4, -0.2) is 25.9 Å². The van der Waals surface area contributed by atoms with Crippen molar-refractivity contribution in [3.05, 3.63) is 131 Å². The highest BCUT2D eigenvalue weighted by Gasteiger charge is 2.42. The molecule has 0 saturated carbocycles. The molecule has 224 valence electrons. The van der Waals surface area contributed by atoms with Gasteiger partial charge in [0.05, 0.1) is 31.6 Å². The molecule has 2 aliphatic rings. The number of nitrogens with zero attached hydrogens (tertiary/aromatic N) is 1. The topological polar surface area (TPSA) is 67.9 Å². The molecule has 1 heterocycles. The number of methoxy groups -OCH3 is 2. The number of ether oxygens (including phenoxy) is 2. The van der Waals surface area contributed by atoms with Crippen molar-refractivity contribution in [2.75, 3.05) is 24.4 Å². The highest BCUT2D eigenvalue weighted by molar-refractivity contribution is 6.12. The van der Waals surface area contributed by atoms with E-state index < -0.39 is 6.04 Å². The first-order valence-electron chi connectivity index (χ1n) is 15.0. The first-order chi connectivity index (χ1) is 21.2. The number of fused-ring (bicyclic) bond motifs is 1. The summed E-state index contributed by atoms with van der Waals surface area (Å²) in [7, 11) is 3.18. The number of carbonyl (C=O) groups excluding carboxylic acids is 2. The van der Waals surface area contributed by atoms with Crippen LogP contribution in [0.2, 0.25) is 0 Å². The van der Waals surface area contributed by atoms with Crippen molar-refractivity contribution in [1.82, 2.24) is 0 Å². The van der Waals surface area contributed by atoms with E-state index in [0.29, 0.717) is 41.2 Å². The van der Waals surface area contributed by atoms with Crippen LogP contribution in [-0.2, 0) is 10.2 Å². The largest absolute Gasteiger partial charge is 0.493 e. The first-order valence-corrected chi connectivity index (χ1v) is 15.0. The zero-order valence-corrected chi connectivity index (χ0v) is 25.9. The van der Waals surface area contributed by atoms with Crippen molar-refractivity contribution in [1.29, 1.82) is 0 Å². The third-order valence-corrected chi connectivity index (χ3v) is 8.70. The number of nitrogens with one attached hydrogen (secondary N) is 1. The van der Waals surface area contributed by atoms with Crippen LogP contribution in [0.1, 0.15) is 72.6 Å². The maximum atomic E-state index is 14.5. The smallest absolute Gasteiger partial charge is 0.259 e. The summed E-state index contributed by atoms with van der Waals surface area (Å²) in [6.45, 7) is 6.60. The molecule has 6 rings (SSSR count). The van der Waals surface area contributed by atoms with E-state index in [2.05, 4.69) is 50.4 Å². The second-order valence-electron chi connectivity index (χ2n) is 12.5. The highest BCUT2D eigenvalue weighted by atomic mass is 16.5. The van der Waals surface area contributed by atoms with Gasteiger partial charge >= 0.3 is 0 Å². The quantitative estimate of drug-likeness (QED) is 0.255. The van der Waals surface area contributed by atoms with Gasteiger partial charge in [0.25, 0.3) is 5.91 Å². The fourth-order valence-corrected chi connectivity index (χ4v) is 6.36. The number of para-hydroxylation sites is 2. The number of amides is 1. The maximum absolute atomic E-state index is 14.5. The van der Waals surface area contributed by atoms with Crippen LogP contribution in [0, 0.1) is 0 Å². The first kappa shape index (κ1) is 29.2. The Morgan fingerprint density at radius 2 is 1.45 bits per heavy atom. The molecule has 1 N–H and O–H groups in total. The molecule has 1 aliphatic heterocycles. The number of ketones is 1. The van der Waals surface area contributed by atoms with E-state index in [-0.39, 0.29) is 23.0 Å². The second kappa shape index (κ2) is 11.7. The molecule has 1 amide bonds. The van der Waals surface area contributed by atoms with Gasteiger partial charge in [-0.05, 0) is 70.8 Å². The van der Waals surface area contributed by atoms with Gasteiger partial charge in [-0.2, -0.15) is 0 Å². The molecule has 6 heteroatoms. The van der Waals surface area contributed by atoms with E-state index in [1.807, 2.05) is 72.8 Å². The zero-order chi connectivity index (χ0) is 31.0. The lowest BCUT2D eigenvalue weighted by Crippen LogP contribution is -2.38. The van der Waals surface area contributed by atoms with Gasteiger partial charge in [-0.15, -0.1) is 0 Å². The van der Waals surface area contributed by atoms with Gasteiger partial charge in [-0.1, -0.05) is 81.4 Å². The molecule has 2 atom stereocenters. The van der Waals surface area contributed by atoms with Crippen LogP contribution in [0.5, 0.6) is 11.5 Å². The minimum atomic E-state index is -0.689. The minimum Gasteiger partial charge on any atom is -0.493 e. The van der Waals surface area contributed by atoms with Crippen molar-refractivity contribution >= 4 is 23.1 Å². The Labute approximate surface area is 259 Å². The minimum absolute atomic E-state index is 0.0114. The standard InChI is InChI=1S/C38H38N2O4/c1-38(2,3)28-18-15-24(16-19-28)27-21-30-35(32(41)22-27)36(26-17-20-33(43-4)34(23-26)44-5)40(31-14-10-9-13-29(31)39-30)37(42)25-11-7-6-8-12-25/h6-20,23,27,36,39H,21-22H2,1-5H3/t27-,36+/m1/s1. The van der Waals surface area contributed by atoms with Crippen molar-refractivity contribution in [2.24, 2.45) is 0 Å². The van der Waals surface area contributed by atoms with Crippen LogP contribution < -0.4 is 19.7 Å². The van der Waals surface area contributed by atoms with Gasteiger partial charge in [0, 0.05) is 23.3 Å². The van der Waals surface area contributed by atoms with Crippen LogP contribution in [0.25, 0.3) is 0 Å². The summed E-state index contributed by atoms with van der Waals surface area (Å²) in [6, 6.07) is 30.6. The van der Waals surface area contributed by atoms with Crippen LogP contribution in [0.4, 0.5) is 11.4 Å². The molecular formula is C38H38N2O4. The van der Waals surface area contributed by atoms with Gasteiger partial charge in [0.2, 0.25) is 0 Å². The predicted molar refractivity (Wildman–Crippen MR) is 175 cm³/mol. The number of rotatable bonds is 5. The van der Waals surface area contributed by atoms with E-state index in [1.54, 1.807) is 19.1 Å². The SMILES string of the molecule is COc1ccc([C@H]2C3=C(C[C@@H](c4ccc(C(C)(C)C)cc4)CC3=O)Nc3ccccc3N2C(=O)c2ccccc2)cc1OC. The Hall–Kier alpha value is -4.84. The summed E-state index contributed by atoms with van der Waals surface area (Å²) < 4.78 is 11.2. The Morgan fingerprint density at radius 1 is 0.795 bits per heavy atom. The van der Waals surface area contributed by atoms with E-state index in [9.17, 15) is 9.59 Å². The number of Topliss-reactive ketones (excluding diaryl/α,β-unsaturated/α-hetero) is 1. The summed E-state index contributed by atoms with van der Waals surface area (Å²) in [4.78, 5) is 30.6. The van der Waals surface area contributed by atoms with E-state index in [4.69, 9.17) is 9.47 Å². The van der Waals surface area contributed by atoms with Gasteiger partial charge in [-0.25, -0.2) is 0 Å². The second-order valence-corrected chi connectivity index (χ2v) is 12.5. The number of hydrogen-bond acceptors (Lipinski definition) is 5. The Kier molecular flexibility index (Phi) is 7.76. The molecule has 0 unspecified atom stereocenters. The third kappa shape index (κ3) is 5.37. The lowest BCUT2D eigenvalue weighted by Gasteiger charge is -2.35. The fraction of sp³-hybridized carbons (Fsp3) is 0.263. The van der Waals surface area contributed by atoms with Crippen LogP contribution in [0.3, 0.4) is 0 Å². The van der Waals surface area contributed by atoms with Crippen molar-refractivity contribution in [3.8, 4) is 11.5 Å². The zero-order valence-electron chi connectivity index (χ0n) is 25.9. The summed E-state index contributed by atoms with van der Waals surface area (Å²) in [5.41, 5.74) is 6.66. The predicted octanol–water partition coefficient (Wildman–Crippen LogP) is 8.22. The number of allylic oxidation sites excluding steroid dienone is 1. The van der Waals surface area contributed by atoms with Crippen molar-refractivity contribution < 1.29 is 19.1 Å². The average Bonchev–Trinajstić information content (AvgIpc) is 3.19.